The van der Waals surface area contributed by atoms with Crippen LogP contribution in [-0.2, 0) is 7.05 Å². The Hall–Kier alpha value is -1.24. The van der Waals surface area contributed by atoms with E-state index in [9.17, 15) is 0 Å². The second-order valence-corrected chi connectivity index (χ2v) is 4.33. The van der Waals surface area contributed by atoms with Crippen LogP contribution in [0.3, 0.4) is 0 Å². The Labute approximate surface area is 102 Å². The lowest BCUT2D eigenvalue weighted by atomic mass is 10.1. The van der Waals surface area contributed by atoms with E-state index in [1.807, 2.05) is 19.2 Å². The highest BCUT2D eigenvalue weighted by Gasteiger charge is 2.16. The summed E-state index contributed by atoms with van der Waals surface area (Å²) in [6.45, 7) is 0. The minimum Gasteiger partial charge on any atom is -0.271 e. The molecule has 84 valence electrons. The van der Waals surface area contributed by atoms with Gasteiger partial charge in [-0.2, -0.15) is 5.10 Å². The third kappa shape index (κ3) is 2.13. The third-order valence-corrected chi connectivity index (χ3v) is 2.81. The van der Waals surface area contributed by atoms with Gasteiger partial charge in [0.2, 0.25) is 0 Å². The number of pyridine rings is 1. The predicted octanol–water partition coefficient (Wildman–Crippen LogP) is 1.13. The van der Waals surface area contributed by atoms with E-state index in [0.717, 1.165) is 15.7 Å². The summed E-state index contributed by atoms with van der Waals surface area (Å²) >= 11 is 3.39. The molecule has 2 heterocycles. The normalized spacial score (nSPS) is 12.7. The molecular weight excluding hydrogens is 270 g/mol. The summed E-state index contributed by atoms with van der Waals surface area (Å²) in [4.78, 5) is 4.12. The Bertz CT molecular complexity index is 482. The number of aromatic nitrogens is 3. The molecule has 16 heavy (non-hydrogen) atoms. The molecule has 0 aliphatic carbocycles. The van der Waals surface area contributed by atoms with Crippen molar-refractivity contribution in [2.45, 2.75) is 6.04 Å². The van der Waals surface area contributed by atoms with Gasteiger partial charge in [0.15, 0.2) is 0 Å². The highest BCUT2D eigenvalue weighted by Crippen LogP contribution is 2.22. The minimum absolute atomic E-state index is 0.113. The van der Waals surface area contributed by atoms with Crippen molar-refractivity contribution in [1.82, 2.24) is 20.2 Å². The van der Waals surface area contributed by atoms with Crippen molar-refractivity contribution in [3.8, 4) is 0 Å². The molecule has 3 N–H and O–H groups in total. The van der Waals surface area contributed by atoms with Gasteiger partial charge in [0.05, 0.1) is 11.7 Å². The molecule has 0 fully saturated rings. The van der Waals surface area contributed by atoms with E-state index in [2.05, 4.69) is 31.4 Å². The van der Waals surface area contributed by atoms with Gasteiger partial charge in [-0.3, -0.25) is 15.5 Å². The van der Waals surface area contributed by atoms with Crippen molar-refractivity contribution >= 4 is 15.9 Å². The predicted molar refractivity (Wildman–Crippen MR) is 64.3 cm³/mol. The number of rotatable bonds is 3. The van der Waals surface area contributed by atoms with Crippen molar-refractivity contribution < 1.29 is 0 Å². The van der Waals surface area contributed by atoms with Crippen LogP contribution in [-0.4, -0.2) is 14.8 Å². The molecule has 0 aliphatic rings. The first kappa shape index (κ1) is 11.3. The average Bonchev–Trinajstić information content (AvgIpc) is 2.67. The van der Waals surface area contributed by atoms with Crippen molar-refractivity contribution in [3.63, 3.8) is 0 Å². The lowest BCUT2D eigenvalue weighted by Crippen LogP contribution is -2.30. The quantitative estimate of drug-likeness (QED) is 0.654. The zero-order chi connectivity index (χ0) is 11.5. The lowest BCUT2D eigenvalue weighted by molar-refractivity contribution is 0.573. The topological polar surface area (TPSA) is 68.8 Å². The molecule has 0 aromatic carbocycles. The van der Waals surface area contributed by atoms with Gasteiger partial charge in [0, 0.05) is 30.1 Å². The summed E-state index contributed by atoms with van der Waals surface area (Å²) in [5, 5.41) is 4.12. The van der Waals surface area contributed by atoms with Crippen LogP contribution in [0.1, 0.15) is 17.3 Å². The van der Waals surface area contributed by atoms with Crippen LogP contribution in [0.5, 0.6) is 0 Å². The average molecular weight is 282 g/mol. The van der Waals surface area contributed by atoms with Crippen LogP contribution in [0.4, 0.5) is 0 Å². The summed E-state index contributed by atoms with van der Waals surface area (Å²) in [5.41, 5.74) is 4.74. The standard InChI is InChI=1S/C10H12BrN5/c1-16-9(2-3-14-16)10(15-12)7-4-8(11)6-13-5-7/h2-6,10,15H,12H2,1H3. The zero-order valence-electron chi connectivity index (χ0n) is 8.76. The summed E-state index contributed by atoms with van der Waals surface area (Å²) in [7, 11) is 1.88. The molecule has 2 aromatic rings. The Balaban J connectivity index is 2.40. The fraction of sp³-hybridized carbons (Fsp3) is 0.200. The van der Waals surface area contributed by atoms with Crippen molar-refractivity contribution in [1.29, 1.82) is 0 Å². The SMILES string of the molecule is Cn1nccc1C(NN)c1cncc(Br)c1. The number of halogens is 1. The van der Waals surface area contributed by atoms with Crippen LogP contribution in [0.2, 0.25) is 0 Å². The first-order valence-electron chi connectivity index (χ1n) is 4.77. The molecule has 0 saturated heterocycles. The van der Waals surface area contributed by atoms with Crippen LogP contribution in [0.15, 0.2) is 35.2 Å². The van der Waals surface area contributed by atoms with E-state index >= 15 is 0 Å². The molecule has 0 bridgehead atoms. The molecule has 2 rings (SSSR count). The van der Waals surface area contributed by atoms with Gasteiger partial charge in [-0.25, -0.2) is 5.43 Å². The number of nitrogens with one attached hydrogen (secondary N) is 1. The Kier molecular flexibility index (Phi) is 3.33. The van der Waals surface area contributed by atoms with Gasteiger partial charge < -0.3 is 0 Å². The third-order valence-electron chi connectivity index (χ3n) is 2.38. The number of nitrogens with zero attached hydrogens (tertiary/aromatic N) is 3. The van der Waals surface area contributed by atoms with E-state index in [1.54, 1.807) is 23.3 Å². The Morgan fingerprint density at radius 1 is 1.50 bits per heavy atom. The van der Waals surface area contributed by atoms with Gasteiger partial charge >= 0.3 is 0 Å². The smallest absolute Gasteiger partial charge is 0.0893 e. The monoisotopic (exact) mass is 281 g/mol. The number of hydrogen-bond acceptors (Lipinski definition) is 4. The maximum Gasteiger partial charge on any atom is 0.0893 e. The van der Waals surface area contributed by atoms with Crippen LogP contribution in [0.25, 0.3) is 0 Å². The molecule has 5 nitrogen and oxygen atoms in total. The molecule has 6 heteroatoms. The molecule has 0 spiro atoms. The van der Waals surface area contributed by atoms with Crippen LogP contribution in [0, 0.1) is 0 Å². The summed E-state index contributed by atoms with van der Waals surface area (Å²) in [6, 6.07) is 3.79. The fourth-order valence-corrected chi connectivity index (χ4v) is 1.99. The van der Waals surface area contributed by atoms with E-state index in [1.165, 1.54) is 0 Å². The molecule has 0 amide bonds. The fourth-order valence-electron chi connectivity index (χ4n) is 1.61. The molecule has 0 aliphatic heterocycles. The van der Waals surface area contributed by atoms with Crippen molar-refractivity contribution in [3.05, 3.63) is 46.5 Å². The number of hydrogen-bond donors (Lipinski definition) is 2. The van der Waals surface area contributed by atoms with Gasteiger partial charge in [-0.05, 0) is 33.6 Å². The molecular formula is C10H12BrN5. The Morgan fingerprint density at radius 3 is 2.88 bits per heavy atom. The van der Waals surface area contributed by atoms with Gasteiger partial charge in [-0.15, -0.1) is 0 Å². The molecule has 2 aromatic heterocycles. The second kappa shape index (κ2) is 4.73. The number of nitrogens with two attached hydrogens (primary N) is 1. The largest absolute Gasteiger partial charge is 0.271 e. The number of aryl methyl sites for hydroxylation is 1. The molecule has 0 radical (unpaired) electrons. The minimum atomic E-state index is -0.113. The second-order valence-electron chi connectivity index (χ2n) is 3.42. The van der Waals surface area contributed by atoms with Gasteiger partial charge in [0.1, 0.15) is 0 Å². The van der Waals surface area contributed by atoms with Crippen molar-refractivity contribution in [2.75, 3.05) is 0 Å². The summed E-state index contributed by atoms with van der Waals surface area (Å²) in [6.07, 6.45) is 5.26. The van der Waals surface area contributed by atoms with E-state index in [0.29, 0.717) is 0 Å². The van der Waals surface area contributed by atoms with E-state index < -0.39 is 0 Å². The molecule has 0 saturated carbocycles. The van der Waals surface area contributed by atoms with Gasteiger partial charge in [0.25, 0.3) is 0 Å². The first-order valence-corrected chi connectivity index (χ1v) is 5.56. The van der Waals surface area contributed by atoms with Gasteiger partial charge in [-0.1, -0.05) is 0 Å². The van der Waals surface area contributed by atoms with E-state index in [4.69, 9.17) is 5.84 Å². The van der Waals surface area contributed by atoms with E-state index in [-0.39, 0.29) is 6.04 Å². The summed E-state index contributed by atoms with van der Waals surface area (Å²) < 4.78 is 2.71. The summed E-state index contributed by atoms with van der Waals surface area (Å²) in [5.74, 6) is 5.58. The Morgan fingerprint density at radius 2 is 2.31 bits per heavy atom. The number of hydrazine groups is 1. The van der Waals surface area contributed by atoms with Crippen molar-refractivity contribution in [2.24, 2.45) is 12.9 Å². The maximum absolute atomic E-state index is 5.58. The molecule has 1 unspecified atom stereocenters. The maximum atomic E-state index is 5.58. The lowest BCUT2D eigenvalue weighted by Gasteiger charge is -2.16. The highest BCUT2D eigenvalue weighted by molar-refractivity contribution is 9.10. The molecule has 1 atom stereocenters. The zero-order valence-corrected chi connectivity index (χ0v) is 10.3. The first-order chi connectivity index (χ1) is 7.72. The highest BCUT2D eigenvalue weighted by atomic mass is 79.9. The van der Waals surface area contributed by atoms with Crippen LogP contribution >= 0.6 is 15.9 Å². The van der Waals surface area contributed by atoms with Crippen LogP contribution < -0.4 is 11.3 Å².